The fraction of sp³-hybridized carbons (Fsp3) is 0.231. The Morgan fingerprint density at radius 1 is 0.971 bits per heavy atom. The number of ether oxygens (including phenoxy) is 1. The molecule has 1 aliphatic heterocycles. The van der Waals surface area contributed by atoms with Crippen LogP contribution in [0.1, 0.15) is 23.5 Å². The topological polar surface area (TPSA) is 88.6 Å². The average molecular weight is 508 g/mol. The highest BCUT2D eigenvalue weighted by Gasteiger charge is 2.27. The van der Waals surface area contributed by atoms with Gasteiger partial charge in [0.15, 0.2) is 5.13 Å². The molecule has 1 aromatic heterocycles. The molecule has 1 fully saturated rings. The van der Waals surface area contributed by atoms with Crippen molar-refractivity contribution in [3.8, 4) is 0 Å². The number of fused-ring (bicyclic) bond motifs is 1. The second-order valence-electron chi connectivity index (χ2n) is 8.29. The predicted molar refractivity (Wildman–Crippen MR) is 137 cm³/mol. The normalized spacial score (nSPS) is 14.9. The van der Waals surface area contributed by atoms with E-state index >= 15 is 0 Å². The number of carbonyl (C=O) groups excluding carboxylic acids is 1. The van der Waals surface area contributed by atoms with E-state index in [1.165, 1.54) is 15.6 Å². The number of morpholine rings is 1. The monoisotopic (exact) mass is 507 g/mol. The lowest BCUT2D eigenvalue weighted by atomic mass is 9.88. The van der Waals surface area contributed by atoms with Crippen molar-refractivity contribution in [3.63, 3.8) is 0 Å². The summed E-state index contributed by atoms with van der Waals surface area (Å²) in [6, 6.07) is 24.8. The van der Waals surface area contributed by atoms with Crippen LogP contribution in [0.25, 0.3) is 10.2 Å². The van der Waals surface area contributed by atoms with E-state index in [4.69, 9.17) is 4.74 Å². The second kappa shape index (κ2) is 10.2. The van der Waals surface area contributed by atoms with Crippen LogP contribution in [0.3, 0.4) is 0 Å². The van der Waals surface area contributed by atoms with E-state index in [0.29, 0.717) is 41.7 Å². The summed E-state index contributed by atoms with van der Waals surface area (Å²) in [5.41, 5.74) is 2.78. The predicted octanol–water partition coefficient (Wildman–Crippen LogP) is 4.48. The maximum absolute atomic E-state index is 13.0. The fourth-order valence-electron chi connectivity index (χ4n) is 4.21. The zero-order valence-corrected chi connectivity index (χ0v) is 20.6. The first kappa shape index (κ1) is 23.6. The smallest absolute Gasteiger partial charge is 0.243 e. The first-order valence-corrected chi connectivity index (χ1v) is 13.6. The Hall–Kier alpha value is -3.11. The lowest BCUT2D eigenvalue weighted by Gasteiger charge is -2.25. The minimum Gasteiger partial charge on any atom is -0.379 e. The molecule has 180 valence electrons. The van der Waals surface area contributed by atoms with Gasteiger partial charge >= 0.3 is 0 Å². The number of aromatic nitrogens is 1. The van der Waals surface area contributed by atoms with Gasteiger partial charge in [0.2, 0.25) is 15.9 Å². The number of carbonyl (C=O) groups is 1. The summed E-state index contributed by atoms with van der Waals surface area (Å²) in [5, 5.41) is 3.36. The number of sulfonamides is 1. The molecule has 0 unspecified atom stereocenters. The van der Waals surface area contributed by atoms with Crippen LogP contribution in [-0.4, -0.2) is 49.9 Å². The number of amides is 1. The molecule has 0 bridgehead atoms. The van der Waals surface area contributed by atoms with Crippen LogP contribution < -0.4 is 5.32 Å². The Bertz CT molecular complexity index is 1380. The molecule has 0 atom stereocenters. The molecule has 0 aliphatic carbocycles. The molecular formula is C26H25N3O4S2. The van der Waals surface area contributed by atoms with Gasteiger partial charge in [0.1, 0.15) is 0 Å². The van der Waals surface area contributed by atoms with Crippen molar-refractivity contribution < 1.29 is 17.9 Å². The number of benzene rings is 3. The number of nitrogens with zero attached hydrogens (tertiary/aromatic N) is 2. The third kappa shape index (κ3) is 5.28. The summed E-state index contributed by atoms with van der Waals surface area (Å²) < 4.78 is 33.4. The molecule has 1 N–H and O–H groups in total. The summed E-state index contributed by atoms with van der Waals surface area (Å²) in [6.45, 7) is 1.47. The summed E-state index contributed by atoms with van der Waals surface area (Å²) in [7, 11) is -3.60. The van der Waals surface area contributed by atoms with E-state index in [2.05, 4.69) is 10.3 Å². The van der Waals surface area contributed by atoms with E-state index in [9.17, 15) is 13.2 Å². The molecule has 0 saturated carbocycles. The largest absolute Gasteiger partial charge is 0.379 e. The SMILES string of the molecule is O=C(CC(c1ccccc1)c1ccccc1)Nc1nc2ccc(S(=O)(=O)N3CCOCC3)cc2s1. The molecule has 1 amide bonds. The van der Waals surface area contributed by atoms with Gasteiger partial charge in [-0.1, -0.05) is 72.0 Å². The van der Waals surface area contributed by atoms with Crippen molar-refractivity contribution in [2.45, 2.75) is 17.2 Å². The third-order valence-electron chi connectivity index (χ3n) is 6.01. The molecule has 35 heavy (non-hydrogen) atoms. The highest BCUT2D eigenvalue weighted by atomic mass is 32.2. The number of thiazole rings is 1. The Morgan fingerprint density at radius 2 is 1.60 bits per heavy atom. The first-order chi connectivity index (χ1) is 17.0. The van der Waals surface area contributed by atoms with Crippen LogP contribution in [0, 0.1) is 0 Å². The number of anilines is 1. The van der Waals surface area contributed by atoms with Gasteiger partial charge in [-0.15, -0.1) is 0 Å². The molecule has 5 rings (SSSR count). The first-order valence-electron chi connectivity index (χ1n) is 11.4. The van der Waals surface area contributed by atoms with Gasteiger partial charge in [0.25, 0.3) is 0 Å². The van der Waals surface area contributed by atoms with Crippen molar-refractivity contribution in [2.75, 3.05) is 31.6 Å². The fourth-order valence-corrected chi connectivity index (χ4v) is 6.64. The molecule has 7 nitrogen and oxygen atoms in total. The van der Waals surface area contributed by atoms with E-state index in [1.54, 1.807) is 18.2 Å². The zero-order valence-electron chi connectivity index (χ0n) is 19.0. The van der Waals surface area contributed by atoms with Crippen LogP contribution in [-0.2, 0) is 19.6 Å². The number of hydrogen-bond acceptors (Lipinski definition) is 6. The summed E-state index contributed by atoms with van der Waals surface area (Å²) in [5.74, 6) is -0.236. The van der Waals surface area contributed by atoms with Crippen molar-refractivity contribution in [2.24, 2.45) is 0 Å². The Morgan fingerprint density at radius 3 is 2.23 bits per heavy atom. The summed E-state index contributed by atoms with van der Waals surface area (Å²) >= 11 is 1.27. The van der Waals surface area contributed by atoms with Crippen molar-refractivity contribution >= 4 is 42.6 Å². The van der Waals surface area contributed by atoms with Gasteiger partial charge in [-0.25, -0.2) is 13.4 Å². The molecule has 0 radical (unpaired) electrons. The Labute approximate surface area is 208 Å². The lowest BCUT2D eigenvalue weighted by Crippen LogP contribution is -2.40. The molecule has 3 aromatic carbocycles. The zero-order chi connectivity index (χ0) is 24.3. The number of rotatable bonds is 7. The van der Waals surface area contributed by atoms with E-state index in [0.717, 1.165) is 11.1 Å². The van der Waals surface area contributed by atoms with E-state index in [-0.39, 0.29) is 23.1 Å². The Kier molecular flexibility index (Phi) is 6.92. The van der Waals surface area contributed by atoms with Gasteiger partial charge < -0.3 is 10.1 Å². The van der Waals surface area contributed by atoms with Crippen LogP contribution >= 0.6 is 11.3 Å². The molecule has 1 saturated heterocycles. The average Bonchev–Trinajstić information content (AvgIpc) is 3.30. The van der Waals surface area contributed by atoms with Crippen molar-refractivity contribution in [1.82, 2.24) is 9.29 Å². The van der Waals surface area contributed by atoms with Gasteiger partial charge in [0.05, 0.1) is 28.3 Å². The van der Waals surface area contributed by atoms with Crippen molar-refractivity contribution in [1.29, 1.82) is 0 Å². The maximum Gasteiger partial charge on any atom is 0.243 e. The molecular weight excluding hydrogens is 482 g/mol. The quantitative estimate of drug-likeness (QED) is 0.399. The van der Waals surface area contributed by atoms with Crippen LogP contribution in [0.2, 0.25) is 0 Å². The van der Waals surface area contributed by atoms with Gasteiger partial charge in [0, 0.05) is 25.4 Å². The minimum absolute atomic E-state index is 0.0861. The van der Waals surface area contributed by atoms with Crippen LogP contribution in [0.15, 0.2) is 83.8 Å². The summed E-state index contributed by atoms with van der Waals surface area (Å²) in [4.78, 5) is 17.7. The summed E-state index contributed by atoms with van der Waals surface area (Å²) in [6.07, 6.45) is 0.264. The van der Waals surface area contributed by atoms with E-state index in [1.807, 2.05) is 60.7 Å². The Balaban J connectivity index is 1.35. The van der Waals surface area contributed by atoms with Crippen LogP contribution in [0.5, 0.6) is 0 Å². The number of nitrogens with one attached hydrogen (secondary N) is 1. The lowest BCUT2D eigenvalue weighted by molar-refractivity contribution is -0.116. The van der Waals surface area contributed by atoms with Gasteiger partial charge in [-0.05, 0) is 29.3 Å². The second-order valence-corrected chi connectivity index (χ2v) is 11.3. The maximum atomic E-state index is 13.0. The molecule has 9 heteroatoms. The number of hydrogen-bond donors (Lipinski definition) is 1. The molecule has 2 heterocycles. The van der Waals surface area contributed by atoms with Crippen LogP contribution in [0.4, 0.5) is 5.13 Å². The highest BCUT2D eigenvalue weighted by Crippen LogP contribution is 2.31. The van der Waals surface area contributed by atoms with Gasteiger partial charge in [-0.3, -0.25) is 4.79 Å². The molecule has 1 aliphatic rings. The van der Waals surface area contributed by atoms with Gasteiger partial charge in [-0.2, -0.15) is 4.31 Å². The molecule has 0 spiro atoms. The van der Waals surface area contributed by atoms with Crippen molar-refractivity contribution in [3.05, 3.63) is 90.0 Å². The molecule has 4 aromatic rings. The third-order valence-corrected chi connectivity index (χ3v) is 8.84. The highest BCUT2D eigenvalue weighted by molar-refractivity contribution is 7.89. The minimum atomic E-state index is -3.60. The standard InChI is InChI=1S/C26H25N3O4S2/c30-25(18-22(19-7-3-1-4-8-19)20-9-5-2-6-10-20)28-26-27-23-12-11-21(17-24(23)34-26)35(31,32)29-13-15-33-16-14-29/h1-12,17,22H,13-16,18H2,(H,27,28,30). The van der Waals surface area contributed by atoms with E-state index < -0.39 is 10.0 Å².